The van der Waals surface area contributed by atoms with Crippen molar-refractivity contribution in [3.8, 4) is 0 Å². The van der Waals surface area contributed by atoms with Gasteiger partial charge in [-0.25, -0.2) is 9.97 Å². The number of amides is 1. The SMILES string of the molecule is O=C(CCc1nc2ncccc2[nH]1)Nc1cccc(CO)c1. The van der Waals surface area contributed by atoms with Gasteiger partial charge >= 0.3 is 0 Å². The van der Waals surface area contributed by atoms with Gasteiger partial charge in [-0.2, -0.15) is 0 Å². The first-order valence-electron chi connectivity index (χ1n) is 7.04. The zero-order valence-electron chi connectivity index (χ0n) is 11.9. The Kier molecular flexibility index (Phi) is 4.11. The molecule has 0 saturated carbocycles. The molecule has 0 aliphatic rings. The normalized spacial score (nSPS) is 10.8. The molecule has 0 radical (unpaired) electrons. The second-order valence-electron chi connectivity index (χ2n) is 4.96. The highest BCUT2D eigenvalue weighted by Crippen LogP contribution is 2.12. The van der Waals surface area contributed by atoms with Crippen LogP contribution in [0.4, 0.5) is 5.69 Å². The van der Waals surface area contributed by atoms with Crippen LogP contribution >= 0.6 is 0 Å². The van der Waals surface area contributed by atoms with E-state index < -0.39 is 0 Å². The summed E-state index contributed by atoms with van der Waals surface area (Å²) in [6, 6.07) is 10.9. The monoisotopic (exact) mass is 296 g/mol. The predicted octanol–water partition coefficient (Wildman–Crippen LogP) is 2.02. The number of nitrogens with zero attached hydrogens (tertiary/aromatic N) is 2. The van der Waals surface area contributed by atoms with Crippen LogP contribution in [0.15, 0.2) is 42.6 Å². The second kappa shape index (κ2) is 6.36. The molecule has 6 nitrogen and oxygen atoms in total. The Bertz CT molecular complexity index is 764. The molecule has 0 bridgehead atoms. The molecule has 3 rings (SSSR count). The van der Waals surface area contributed by atoms with Crippen LogP contribution in [-0.2, 0) is 17.8 Å². The van der Waals surface area contributed by atoms with E-state index in [4.69, 9.17) is 5.11 Å². The number of anilines is 1. The Hall–Kier alpha value is -2.73. The van der Waals surface area contributed by atoms with Gasteiger partial charge in [-0.15, -0.1) is 0 Å². The molecular formula is C16H16N4O2. The summed E-state index contributed by atoms with van der Waals surface area (Å²) >= 11 is 0. The number of aliphatic hydroxyl groups is 1. The molecule has 3 N–H and O–H groups in total. The van der Waals surface area contributed by atoms with E-state index in [2.05, 4.69) is 20.3 Å². The zero-order valence-corrected chi connectivity index (χ0v) is 11.9. The first-order chi connectivity index (χ1) is 10.7. The molecule has 0 aliphatic heterocycles. The summed E-state index contributed by atoms with van der Waals surface area (Å²) < 4.78 is 0. The molecule has 0 unspecified atom stereocenters. The Labute approximate surface area is 127 Å². The lowest BCUT2D eigenvalue weighted by Crippen LogP contribution is -2.12. The van der Waals surface area contributed by atoms with Crippen molar-refractivity contribution in [2.45, 2.75) is 19.4 Å². The molecule has 0 saturated heterocycles. The fourth-order valence-electron chi connectivity index (χ4n) is 2.22. The summed E-state index contributed by atoms with van der Waals surface area (Å²) in [6.45, 7) is -0.0459. The minimum absolute atomic E-state index is 0.0459. The van der Waals surface area contributed by atoms with E-state index in [1.165, 1.54) is 0 Å². The number of aromatic nitrogens is 3. The number of rotatable bonds is 5. The van der Waals surface area contributed by atoms with Crippen LogP contribution in [0.2, 0.25) is 0 Å². The molecule has 1 amide bonds. The number of carbonyl (C=O) groups is 1. The molecule has 0 spiro atoms. The summed E-state index contributed by atoms with van der Waals surface area (Å²) in [5.41, 5.74) is 2.98. The van der Waals surface area contributed by atoms with E-state index >= 15 is 0 Å². The number of hydrogen-bond acceptors (Lipinski definition) is 4. The smallest absolute Gasteiger partial charge is 0.224 e. The van der Waals surface area contributed by atoms with Crippen LogP contribution in [0.5, 0.6) is 0 Å². The number of aliphatic hydroxyl groups excluding tert-OH is 1. The molecule has 1 aromatic carbocycles. The third-order valence-electron chi connectivity index (χ3n) is 3.29. The number of carbonyl (C=O) groups excluding carboxylic acids is 1. The number of pyridine rings is 1. The average Bonchev–Trinajstić information content (AvgIpc) is 2.96. The highest BCUT2D eigenvalue weighted by atomic mass is 16.3. The van der Waals surface area contributed by atoms with E-state index in [1.807, 2.05) is 12.1 Å². The van der Waals surface area contributed by atoms with Crippen LogP contribution in [0, 0.1) is 0 Å². The molecule has 0 fully saturated rings. The van der Waals surface area contributed by atoms with Crippen LogP contribution in [0.25, 0.3) is 11.2 Å². The first-order valence-corrected chi connectivity index (χ1v) is 7.04. The van der Waals surface area contributed by atoms with Crippen molar-refractivity contribution >= 4 is 22.8 Å². The van der Waals surface area contributed by atoms with E-state index in [0.717, 1.165) is 16.9 Å². The van der Waals surface area contributed by atoms with E-state index in [-0.39, 0.29) is 12.5 Å². The van der Waals surface area contributed by atoms with Crippen LogP contribution in [0.3, 0.4) is 0 Å². The summed E-state index contributed by atoms with van der Waals surface area (Å²) in [5.74, 6) is 0.650. The maximum absolute atomic E-state index is 12.0. The highest BCUT2D eigenvalue weighted by molar-refractivity contribution is 5.90. The van der Waals surface area contributed by atoms with Gasteiger partial charge in [0.1, 0.15) is 5.82 Å². The van der Waals surface area contributed by atoms with Gasteiger partial charge in [-0.05, 0) is 29.8 Å². The van der Waals surface area contributed by atoms with Gasteiger partial charge in [-0.3, -0.25) is 4.79 Å². The number of hydrogen-bond donors (Lipinski definition) is 3. The molecule has 22 heavy (non-hydrogen) atoms. The molecule has 112 valence electrons. The molecule has 6 heteroatoms. The van der Waals surface area contributed by atoms with Crippen LogP contribution in [-0.4, -0.2) is 26.0 Å². The first kappa shape index (κ1) is 14.2. The lowest BCUT2D eigenvalue weighted by Gasteiger charge is -2.05. The topological polar surface area (TPSA) is 90.9 Å². The Morgan fingerprint density at radius 3 is 3.00 bits per heavy atom. The van der Waals surface area contributed by atoms with Gasteiger partial charge in [0.2, 0.25) is 5.91 Å². The van der Waals surface area contributed by atoms with Crippen molar-refractivity contribution in [2.75, 3.05) is 5.32 Å². The summed E-state index contributed by atoms with van der Waals surface area (Å²) in [5, 5.41) is 11.9. The van der Waals surface area contributed by atoms with Gasteiger partial charge in [0.15, 0.2) is 5.65 Å². The molecule has 3 aromatic rings. The number of benzene rings is 1. The van der Waals surface area contributed by atoms with E-state index in [9.17, 15) is 4.79 Å². The number of aromatic amines is 1. The summed E-state index contributed by atoms with van der Waals surface area (Å²) in [6.07, 6.45) is 2.53. The van der Waals surface area contributed by atoms with Gasteiger partial charge < -0.3 is 15.4 Å². The predicted molar refractivity (Wildman–Crippen MR) is 83.2 cm³/mol. The fraction of sp³-hybridized carbons (Fsp3) is 0.188. The second-order valence-corrected chi connectivity index (χ2v) is 4.96. The lowest BCUT2D eigenvalue weighted by molar-refractivity contribution is -0.116. The standard InChI is InChI=1S/C16H16N4O2/c21-10-11-3-1-4-12(9-11)18-15(22)7-6-14-19-13-5-2-8-17-16(13)20-14/h1-5,8-9,21H,6-7,10H2,(H,18,22)(H,17,19,20). The van der Waals surface area contributed by atoms with Gasteiger partial charge in [0.25, 0.3) is 0 Å². The summed E-state index contributed by atoms with van der Waals surface area (Å²) in [4.78, 5) is 23.6. The lowest BCUT2D eigenvalue weighted by atomic mass is 10.2. The van der Waals surface area contributed by atoms with Crippen molar-refractivity contribution in [2.24, 2.45) is 0 Å². The Balaban J connectivity index is 1.59. The third-order valence-corrected chi connectivity index (χ3v) is 3.29. The molecule has 2 aromatic heterocycles. The van der Waals surface area contributed by atoms with Crippen molar-refractivity contribution in [1.29, 1.82) is 0 Å². The minimum Gasteiger partial charge on any atom is -0.392 e. The summed E-state index contributed by atoms with van der Waals surface area (Å²) in [7, 11) is 0. The third kappa shape index (κ3) is 3.29. The largest absolute Gasteiger partial charge is 0.392 e. The molecular weight excluding hydrogens is 280 g/mol. The average molecular weight is 296 g/mol. The molecule has 0 atom stereocenters. The van der Waals surface area contributed by atoms with Crippen LogP contribution < -0.4 is 5.32 Å². The number of aryl methyl sites for hydroxylation is 1. The van der Waals surface area contributed by atoms with Crippen molar-refractivity contribution < 1.29 is 9.90 Å². The Morgan fingerprint density at radius 1 is 1.27 bits per heavy atom. The van der Waals surface area contributed by atoms with Gasteiger partial charge in [0, 0.05) is 24.7 Å². The number of fused-ring (bicyclic) bond motifs is 1. The number of nitrogens with one attached hydrogen (secondary N) is 2. The number of H-pyrrole nitrogens is 1. The minimum atomic E-state index is -0.0940. The van der Waals surface area contributed by atoms with Crippen LogP contribution in [0.1, 0.15) is 17.8 Å². The van der Waals surface area contributed by atoms with E-state index in [0.29, 0.717) is 24.2 Å². The van der Waals surface area contributed by atoms with Crippen molar-refractivity contribution in [3.63, 3.8) is 0 Å². The van der Waals surface area contributed by atoms with Gasteiger partial charge in [-0.1, -0.05) is 12.1 Å². The highest BCUT2D eigenvalue weighted by Gasteiger charge is 2.07. The fourth-order valence-corrected chi connectivity index (χ4v) is 2.22. The maximum Gasteiger partial charge on any atom is 0.224 e. The molecule has 0 aliphatic carbocycles. The Morgan fingerprint density at radius 2 is 2.18 bits per heavy atom. The molecule has 2 heterocycles. The van der Waals surface area contributed by atoms with E-state index in [1.54, 1.807) is 30.5 Å². The van der Waals surface area contributed by atoms with Crippen molar-refractivity contribution in [3.05, 3.63) is 54.0 Å². The quantitative estimate of drug-likeness (QED) is 0.672. The van der Waals surface area contributed by atoms with Crippen molar-refractivity contribution in [1.82, 2.24) is 15.0 Å². The number of imidazole rings is 1. The zero-order chi connectivity index (χ0) is 15.4. The van der Waals surface area contributed by atoms with Gasteiger partial charge in [0.05, 0.1) is 12.1 Å². The maximum atomic E-state index is 12.0.